The number of carbonyl (C=O) groups is 2. The molecular weight excluding hydrogens is 331 g/mol. The summed E-state index contributed by atoms with van der Waals surface area (Å²) in [6, 6.07) is 4.25. The topological polar surface area (TPSA) is 84.9 Å². The molecule has 0 aromatic heterocycles. The highest BCUT2D eigenvalue weighted by Gasteiger charge is 2.36. The van der Waals surface area contributed by atoms with Crippen LogP contribution >= 0.6 is 0 Å². The molecule has 2 N–H and O–H groups in total. The highest BCUT2D eigenvalue weighted by Crippen LogP contribution is 2.22. The van der Waals surface area contributed by atoms with Gasteiger partial charge in [0.15, 0.2) is 6.61 Å². The number of hydrogen-bond donors (Lipinski definition) is 2. The molecule has 0 spiro atoms. The fourth-order valence-corrected chi connectivity index (χ4v) is 1.67. The van der Waals surface area contributed by atoms with E-state index in [1.807, 2.05) is 6.92 Å². The third-order valence-electron chi connectivity index (χ3n) is 2.74. The minimum atomic E-state index is -4.70. The van der Waals surface area contributed by atoms with E-state index in [2.05, 4.69) is 0 Å². The summed E-state index contributed by atoms with van der Waals surface area (Å²) < 4.78 is 47.2. The van der Waals surface area contributed by atoms with Crippen LogP contribution in [-0.4, -0.2) is 42.4 Å². The molecule has 1 aromatic rings. The van der Waals surface area contributed by atoms with Crippen molar-refractivity contribution in [3.8, 4) is 11.5 Å². The summed E-state index contributed by atoms with van der Waals surface area (Å²) in [7, 11) is 0. The number of halogens is 3. The Bertz CT molecular complexity index is 545. The van der Waals surface area contributed by atoms with Gasteiger partial charge < -0.3 is 19.9 Å². The molecule has 0 radical (unpaired) electrons. The van der Waals surface area contributed by atoms with Gasteiger partial charge in [-0.2, -0.15) is 13.2 Å². The Morgan fingerprint density at radius 1 is 1.17 bits per heavy atom. The van der Waals surface area contributed by atoms with E-state index in [1.165, 1.54) is 12.1 Å². The van der Waals surface area contributed by atoms with Crippen molar-refractivity contribution in [2.75, 3.05) is 13.2 Å². The van der Waals surface area contributed by atoms with E-state index in [-0.39, 0.29) is 0 Å². The van der Waals surface area contributed by atoms with Gasteiger partial charge in [0.1, 0.15) is 17.5 Å². The lowest BCUT2D eigenvalue weighted by molar-refractivity contribution is -0.160. The minimum absolute atomic E-state index is 0.302. The second kappa shape index (κ2) is 8.99. The van der Waals surface area contributed by atoms with Gasteiger partial charge in [0, 0.05) is 0 Å². The average molecular weight is 349 g/mol. The summed E-state index contributed by atoms with van der Waals surface area (Å²) in [6.45, 7) is 1.91. The molecule has 24 heavy (non-hydrogen) atoms. The van der Waals surface area contributed by atoms with Crippen molar-refractivity contribution >= 4 is 11.9 Å². The molecule has 0 aliphatic rings. The van der Waals surface area contributed by atoms with Gasteiger partial charge in [-0.1, -0.05) is 6.92 Å². The molecule has 1 unspecified atom stereocenters. The van der Waals surface area contributed by atoms with Gasteiger partial charge in [-0.25, -0.2) is 4.79 Å². The molecule has 134 valence electrons. The van der Waals surface area contributed by atoms with Gasteiger partial charge in [0.05, 0.1) is 13.0 Å². The Labute approximate surface area is 136 Å². The lowest BCUT2D eigenvalue weighted by atomic mass is 10.2. The van der Waals surface area contributed by atoms with E-state index < -0.39 is 37.1 Å². The number of rotatable bonds is 9. The number of carboxylic acids is 1. The number of hydrogen-bond acceptors (Lipinski definition) is 4. The van der Waals surface area contributed by atoms with Crippen molar-refractivity contribution in [3.63, 3.8) is 0 Å². The van der Waals surface area contributed by atoms with E-state index in [4.69, 9.17) is 14.6 Å². The van der Waals surface area contributed by atoms with Crippen LogP contribution in [0.1, 0.15) is 19.8 Å². The van der Waals surface area contributed by atoms with Crippen molar-refractivity contribution in [1.82, 2.24) is 5.32 Å². The second-order valence-electron chi connectivity index (χ2n) is 4.89. The largest absolute Gasteiger partial charge is 0.494 e. The van der Waals surface area contributed by atoms with E-state index in [1.54, 1.807) is 17.4 Å². The molecule has 0 saturated heterocycles. The zero-order chi connectivity index (χ0) is 18.2. The zero-order valence-electron chi connectivity index (χ0n) is 12.9. The maximum atomic E-state index is 12.2. The molecule has 0 heterocycles. The molecule has 0 saturated carbocycles. The van der Waals surface area contributed by atoms with Crippen LogP contribution < -0.4 is 14.8 Å². The normalized spacial score (nSPS) is 12.3. The lowest BCUT2D eigenvalue weighted by Gasteiger charge is -2.16. The first kappa shape index (κ1) is 19.6. The van der Waals surface area contributed by atoms with Crippen LogP contribution in [0.15, 0.2) is 24.3 Å². The van der Waals surface area contributed by atoms with Gasteiger partial charge in [-0.15, -0.1) is 0 Å². The summed E-state index contributed by atoms with van der Waals surface area (Å²) in [5.74, 6) is -1.81. The highest BCUT2D eigenvalue weighted by molar-refractivity contribution is 5.84. The summed E-state index contributed by atoms with van der Waals surface area (Å²) in [5.41, 5.74) is 0. The molecule has 0 aliphatic carbocycles. The van der Waals surface area contributed by atoms with E-state index >= 15 is 0 Å². The van der Waals surface area contributed by atoms with Crippen LogP contribution in [0.25, 0.3) is 0 Å². The van der Waals surface area contributed by atoms with Gasteiger partial charge in [-0.3, -0.25) is 4.79 Å². The van der Waals surface area contributed by atoms with Crippen LogP contribution in [0.4, 0.5) is 13.2 Å². The number of nitrogens with one attached hydrogen (secondary N) is 1. The van der Waals surface area contributed by atoms with Crippen LogP contribution in [0.2, 0.25) is 0 Å². The smallest absolute Gasteiger partial charge is 0.391 e. The second-order valence-corrected chi connectivity index (χ2v) is 4.89. The Balaban J connectivity index is 2.48. The predicted octanol–water partition coefficient (Wildman–Crippen LogP) is 2.38. The number of carboxylic acid groups (broad SMARTS) is 1. The van der Waals surface area contributed by atoms with E-state index in [9.17, 15) is 22.8 Å². The van der Waals surface area contributed by atoms with Gasteiger partial charge >= 0.3 is 12.1 Å². The van der Waals surface area contributed by atoms with Crippen LogP contribution in [0.5, 0.6) is 11.5 Å². The van der Waals surface area contributed by atoms with Crippen molar-refractivity contribution < 1.29 is 37.3 Å². The van der Waals surface area contributed by atoms with E-state index in [0.717, 1.165) is 6.42 Å². The number of carbonyl (C=O) groups excluding carboxylic acids is 1. The van der Waals surface area contributed by atoms with Crippen LogP contribution in [-0.2, 0) is 9.59 Å². The minimum Gasteiger partial charge on any atom is -0.494 e. The summed E-state index contributed by atoms with van der Waals surface area (Å²) >= 11 is 0. The predicted molar refractivity (Wildman–Crippen MR) is 78.0 cm³/mol. The average Bonchev–Trinajstić information content (AvgIpc) is 2.50. The molecule has 1 rings (SSSR count). The maximum Gasteiger partial charge on any atom is 0.391 e. The molecule has 6 nitrogen and oxygen atoms in total. The lowest BCUT2D eigenvalue weighted by Crippen LogP contribution is -2.45. The Morgan fingerprint density at radius 3 is 2.17 bits per heavy atom. The third-order valence-corrected chi connectivity index (χ3v) is 2.74. The Morgan fingerprint density at radius 2 is 1.71 bits per heavy atom. The molecule has 0 bridgehead atoms. The van der Waals surface area contributed by atoms with E-state index in [0.29, 0.717) is 18.1 Å². The van der Waals surface area contributed by atoms with Crippen LogP contribution in [0, 0.1) is 0 Å². The van der Waals surface area contributed by atoms with Gasteiger partial charge in [0.2, 0.25) is 0 Å². The van der Waals surface area contributed by atoms with Gasteiger partial charge in [0.25, 0.3) is 5.91 Å². The Hall–Kier alpha value is -2.45. The standard InChI is InChI=1S/C15H18F3NO5/c1-2-7-23-10-3-5-11(6-4-10)24-9-13(20)19-12(14(21)22)8-15(16,17)18/h3-6,12H,2,7-9H2,1H3,(H,19,20)(H,21,22). The first-order valence-electron chi connectivity index (χ1n) is 7.16. The van der Waals surface area contributed by atoms with Crippen molar-refractivity contribution in [3.05, 3.63) is 24.3 Å². The van der Waals surface area contributed by atoms with Crippen molar-refractivity contribution in [2.24, 2.45) is 0 Å². The molecular formula is C15H18F3NO5. The molecule has 9 heteroatoms. The summed E-state index contributed by atoms with van der Waals surface area (Å²) in [6.07, 6.45) is -5.51. The molecule has 1 amide bonds. The van der Waals surface area contributed by atoms with Gasteiger partial charge in [-0.05, 0) is 30.7 Å². The first-order chi connectivity index (χ1) is 11.2. The third kappa shape index (κ3) is 7.70. The molecule has 1 atom stereocenters. The number of alkyl halides is 3. The number of amides is 1. The fourth-order valence-electron chi connectivity index (χ4n) is 1.67. The zero-order valence-corrected chi connectivity index (χ0v) is 12.9. The highest BCUT2D eigenvalue weighted by atomic mass is 19.4. The quantitative estimate of drug-likeness (QED) is 0.715. The van der Waals surface area contributed by atoms with Crippen molar-refractivity contribution in [1.29, 1.82) is 0 Å². The first-order valence-corrected chi connectivity index (χ1v) is 7.16. The number of benzene rings is 1. The maximum absolute atomic E-state index is 12.2. The Kier molecular flexibility index (Phi) is 7.34. The molecule has 1 aromatic carbocycles. The van der Waals surface area contributed by atoms with Crippen LogP contribution in [0.3, 0.4) is 0 Å². The number of aliphatic carboxylic acids is 1. The molecule has 0 aliphatic heterocycles. The summed E-state index contributed by atoms with van der Waals surface area (Å²) in [4.78, 5) is 22.3. The molecule has 0 fully saturated rings. The SMILES string of the molecule is CCCOc1ccc(OCC(=O)NC(CC(F)(F)F)C(=O)O)cc1. The van der Waals surface area contributed by atoms with Crippen molar-refractivity contribution in [2.45, 2.75) is 32.0 Å². The summed E-state index contributed by atoms with van der Waals surface area (Å²) in [5, 5.41) is 10.5. The monoisotopic (exact) mass is 349 g/mol. The fraction of sp³-hybridized carbons (Fsp3) is 0.467. The number of ether oxygens (including phenoxy) is 2.